The second-order valence-corrected chi connectivity index (χ2v) is 4.88. The van der Waals surface area contributed by atoms with E-state index in [4.69, 9.17) is 0 Å². The Kier molecular flexibility index (Phi) is 3.60. The molecule has 0 amide bonds. The lowest BCUT2D eigenvalue weighted by Crippen LogP contribution is -2.00. The van der Waals surface area contributed by atoms with Crippen LogP contribution in [-0.4, -0.2) is 5.11 Å². The molecular formula is C14H12BrFO. The van der Waals surface area contributed by atoms with Crippen LogP contribution in [0, 0.1) is 12.7 Å². The molecule has 0 aliphatic carbocycles. The zero-order valence-electron chi connectivity index (χ0n) is 9.32. The molecule has 0 bridgehead atoms. The average Bonchev–Trinajstić information content (AvgIpc) is 2.33. The molecule has 0 heterocycles. The lowest BCUT2D eigenvalue weighted by molar-refractivity contribution is 0.220. The van der Waals surface area contributed by atoms with E-state index >= 15 is 0 Å². The second kappa shape index (κ2) is 4.98. The third-order valence-electron chi connectivity index (χ3n) is 2.68. The summed E-state index contributed by atoms with van der Waals surface area (Å²) in [6.07, 6.45) is -0.720. The van der Waals surface area contributed by atoms with Gasteiger partial charge in [-0.25, -0.2) is 4.39 Å². The van der Waals surface area contributed by atoms with Crippen LogP contribution in [0.25, 0.3) is 0 Å². The van der Waals surface area contributed by atoms with Crippen molar-refractivity contribution in [2.75, 3.05) is 0 Å². The Morgan fingerprint density at radius 3 is 2.24 bits per heavy atom. The molecule has 2 rings (SSSR count). The highest BCUT2D eigenvalue weighted by Gasteiger charge is 2.11. The molecule has 1 atom stereocenters. The lowest BCUT2D eigenvalue weighted by atomic mass is 10.00. The second-order valence-electron chi connectivity index (χ2n) is 3.96. The Balaban J connectivity index is 2.33. The molecule has 88 valence electrons. The van der Waals surface area contributed by atoms with E-state index in [-0.39, 0.29) is 5.82 Å². The molecule has 0 aliphatic heterocycles. The van der Waals surface area contributed by atoms with Crippen LogP contribution in [0.1, 0.15) is 22.8 Å². The van der Waals surface area contributed by atoms with E-state index in [9.17, 15) is 9.50 Å². The van der Waals surface area contributed by atoms with Crippen LogP contribution >= 0.6 is 15.9 Å². The zero-order chi connectivity index (χ0) is 12.4. The molecule has 1 N–H and O–H groups in total. The smallest absolute Gasteiger partial charge is 0.126 e. The van der Waals surface area contributed by atoms with Gasteiger partial charge in [-0.05, 0) is 41.8 Å². The molecule has 0 aliphatic rings. The van der Waals surface area contributed by atoms with Gasteiger partial charge in [0, 0.05) is 4.47 Å². The molecule has 17 heavy (non-hydrogen) atoms. The van der Waals surface area contributed by atoms with Gasteiger partial charge >= 0.3 is 0 Å². The van der Waals surface area contributed by atoms with Crippen molar-refractivity contribution in [3.63, 3.8) is 0 Å². The van der Waals surface area contributed by atoms with Crippen molar-refractivity contribution in [3.05, 3.63) is 69.4 Å². The molecule has 0 unspecified atom stereocenters. The van der Waals surface area contributed by atoms with Gasteiger partial charge in [-0.2, -0.15) is 0 Å². The van der Waals surface area contributed by atoms with E-state index in [2.05, 4.69) is 15.9 Å². The predicted molar refractivity (Wildman–Crippen MR) is 69.3 cm³/mol. The van der Waals surface area contributed by atoms with E-state index in [0.717, 1.165) is 10.0 Å². The fourth-order valence-corrected chi connectivity index (χ4v) is 1.94. The summed E-state index contributed by atoms with van der Waals surface area (Å²) in [6, 6.07) is 12.1. The van der Waals surface area contributed by atoms with Gasteiger partial charge in [0.05, 0.1) is 0 Å². The van der Waals surface area contributed by atoms with Gasteiger partial charge in [0.2, 0.25) is 0 Å². The summed E-state index contributed by atoms with van der Waals surface area (Å²) in [4.78, 5) is 0. The normalized spacial score (nSPS) is 12.5. The van der Waals surface area contributed by atoms with Crippen molar-refractivity contribution in [2.45, 2.75) is 13.0 Å². The molecule has 2 aromatic carbocycles. The van der Waals surface area contributed by atoms with Crippen molar-refractivity contribution in [1.82, 2.24) is 0 Å². The van der Waals surface area contributed by atoms with E-state index < -0.39 is 6.10 Å². The maximum atomic E-state index is 13.1. The largest absolute Gasteiger partial charge is 0.384 e. The molecule has 2 aromatic rings. The van der Waals surface area contributed by atoms with Crippen LogP contribution in [0.4, 0.5) is 4.39 Å². The maximum Gasteiger partial charge on any atom is 0.126 e. The standard InChI is InChI=1S/C14H12BrFO/c1-9-8-11(4-7-13(9)16)14(17)10-2-5-12(15)6-3-10/h2-8,14,17H,1H3/t14-/m0/s1. The minimum Gasteiger partial charge on any atom is -0.384 e. The van der Waals surface area contributed by atoms with Crippen LogP contribution in [0.5, 0.6) is 0 Å². The van der Waals surface area contributed by atoms with Crippen LogP contribution < -0.4 is 0 Å². The Morgan fingerprint density at radius 2 is 1.65 bits per heavy atom. The number of aryl methyl sites for hydroxylation is 1. The quantitative estimate of drug-likeness (QED) is 0.888. The monoisotopic (exact) mass is 294 g/mol. The summed E-state index contributed by atoms with van der Waals surface area (Å²) < 4.78 is 14.1. The van der Waals surface area contributed by atoms with Crippen molar-refractivity contribution in [1.29, 1.82) is 0 Å². The summed E-state index contributed by atoms with van der Waals surface area (Å²) in [5, 5.41) is 10.2. The SMILES string of the molecule is Cc1cc([C@@H](O)c2ccc(Br)cc2)ccc1F. The topological polar surface area (TPSA) is 20.2 Å². The average molecular weight is 295 g/mol. The number of rotatable bonds is 2. The third kappa shape index (κ3) is 2.73. The molecule has 0 spiro atoms. The molecule has 0 fully saturated rings. The minimum atomic E-state index is -0.720. The molecule has 0 aromatic heterocycles. The van der Waals surface area contributed by atoms with Crippen LogP contribution in [0.15, 0.2) is 46.9 Å². The summed E-state index contributed by atoms with van der Waals surface area (Å²) in [7, 11) is 0. The van der Waals surface area contributed by atoms with Gasteiger partial charge in [-0.1, -0.05) is 40.2 Å². The molecule has 0 saturated heterocycles. The van der Waals surface area contributed by atoms with Gasteiger partial charge in [0.1, 0.15) is 11.9 Å². The van der Waals surface area contributed by atoms with Crippen molar-refractivity contribution >= 4 is 15.9 Å². The van der Waals surface area contributed by atoms with Crippen LogP contribution in [0.2, 0.25) is 0 Å². The van der Waals surface area contributed by atoms with Gasteiger partial charge in [0.15, 0.2) is 0 Å². The van der Waals surface area contributed by atoms with E-state index in [1.54, 1.807) is 19.1 Å². The molecule has 3 heteroatoms. The molecule has 0 radical (unpaired) electrons. The Hall–Kier alpha value is -1.19. The van der Waals surface area contributed by atoms with Crippen molar-refractivity contribution < 1.29 is 9.50 Å². The number of halogens is 2. The Labute approximate surface area is 108 Å². The first-order valence-electron chi connectivity index (χ1n) is 5.27. The minimum absolute atomic E-state index is 0.253. The highest BCUT2D eigenvalue weighted by atomic mass is 79.9. The Morgan fingerprint density at radius 1 is 1.06 bits per heavy atom. The van der Waals surface area contributed by atoms with Gasteiger partial charge in [0.25, 0.3) is 0 Å². The highest BCUT2D eigenvalue weighted by molar-refractivity contribution is 9.10. The zero-order valence-corrected chi connectivity index (χ0v) is 10.9. The van der Waals surface area contributed by atoms with Crippen molar-refractivity contribution in [3.8, 4) is 0 Å². The number of benzene rings is 2. The van der Waals surface area contributed by atoms with Gasteiger partial charge < -0.3 is 5.11 Å². The molecule has 1 nitrogen and oxygen atoms in total. The van der Waals surface area contributed by atoms with Gasteiger partial charge in [-0.15, -0.1) is 0 Å². The fourth-order valence-electron chi connectivity index (χ4n) is 1.68. The van der Waals surface area contributed by atoms with Crippen LogP contribution in [-0.2, 0) is 0 Å². The highest BCUT2D eigenvalue weighted by Crippen LogP contribution is 2.24. The van der Waals surface area contributed by atoms with E-state index in [1.165, 1.54) is 6.07 Å². The number of aliphatic hydroxyl groups excluding tert-OH is 1. The molecular weight excluding hydrogens is 283 g/mol. The summed E-state index contributed by atoms with van der Waals surface area (Å²) in [5.74, 6) is -0.253. The van der Waals surface area contributed by atoms with Crippen LogP contribution in [0.3, 0.4) is 0 Å². The Bertz CT molecular complexity index is 522. The summed E-state index contributed by atoms with van der Waals surface area (Å²) in [5.41, 5.74) is 2.03. The lowest BCUT2D eigenvalue weighted by Gasteiger charge is -2.12. The van der Waals surface area contributed by atoms with E-state index in [1.807, 2.05) is 24.3 Å². The molecule has 0 saturated carbocycles. The number of aliphatic hydroxyl groups is 1. The predicted octanol–water partition coefficient (Wildman–Crippen LogP) is 3.98. The fraction of sp³-hybridized carbons (Fsp3) is 0.143. The maximum absolute atomic E-state index is 13.1. The first-order valence-corrected chi connectivity index (χ1v) is 6.07. The van der Waals surface area contributed by atoms with Gasteiger partial charge in [-0.3, -0.25) is 0 Å². The first kappa shape index (κ1) is 12.3. The van der Waals surface area contributed by atoms with Crippen molar-refractivity contribution in [2.24, 2.45) is 0 Å². The third-order valence-corrected chi connectivity index (χ3v) is 3.21. The van der Waals surface area contributed by atoms with E-state index in [0.29, 0.717) is 11.1 Å². The number of hydrogen-bond acceptors (Lipinski definition) is 1. The first-order chi connectivity index (χ1) is 8.08. The number of hydrogen-bond donors (Lipinski definition) is 1. The summed E-state index contributed by atoms with van der Waals surface area (Å²) in [6.45, 7) is 1.69. The summed E-state index contributed by atoms with van der Waals surface area (Å²) >= 11 is 3.34.